The van der Waals surface area contributed by atoms with Crippen LogP contribution in [-0.2, 0) is 0 Å². The Bertz CT molecular complexity index is 752. The first kappa shape index (κ1) is 15.0. The smallest absolute Gasteiger partial charge is 0.343 e. The third-order valence-electron chi connectivity index (χ3n) is 2.72. The number of carbonyl (C=O) groups excluding carboxylic acids is 1. The molecule has 2 aromatic rings. The minimum Gasteiger partial charge on any atom is -0.507 e. The van der Waals surface area contributed by atoms with E-state index in [9.17, 15) is 24.8 Å². The number of rotatable bonds is 4. The molecule has 0 atom stereocenters. The summed E-state index contributed by atoms with van der Waals surface area (Å²) in [5.41, 5.74) is -0.515. The lowest BCUT2D eigenvalue weighted by molar-refractivity contribution is -0.384. The standard InChI is InChI=1S/C14H9NO7/c16-12-6-5-10(7-11(12)13(17)18)22-14(19)8-1-3-9(4-2-8)15(20)21/h1-7,16H,(H,17,18). The van der Waals surface area contributed by atoms with Crippen LogP contribution in [0, 0.1) is 10.1 Å². The molecule has 0 aliphatic carbocycles. The van der Waals surface area contributed by atoms with Crippen molar-refractivity contribution >= 4 is 17.6 Å². The van der Waals surface area contributed by atoms with Gasteiger partial charge in [-0.25, -0.2) is 9.59 Å². The molecule has 2 N–H and O–H groups in total. The second-order valence-electron chi connectivity index (χ2n) is 4.18. The number of carboxylic acids is 1. The molecular formula is C14H9NO7. The van der Waals surface area contributed by atoms with Gasteiger partial charge < -0.3 is 14.9 Å². The molecule has 0 aliphatic rings. The van der Waals surface area contributed by atoms with Crippen LogP contribution < -0.4 is 4.74 Å². The highest BCUT2D eigenvalue weighted by atomic mass is 16.6. The number of nitro benzene ring substituents is 1. The molecule has 22 heavy (non-hydrogen) atoms. The number of hydrogen-bond donors (Lipinski definition) is 2. The number of phenols is 1. The molecule has 0 saturated heterocycles. The molecule has 0 amide bonds. The number of non-ortho nitro benzene ring substituents is 1. The Balaban J connectivity index is 2.20. The summed E-state index contributed by atoms with van der Waals surface area (Å²) in [4.78, 5) is 32.6. The highest BCUT2D eigenvalue weighted by Gasteiger charge is 2.15. The number of aromatic hydroxyl groups is 1. The summed E-state index contributed by atoms with van der Waals surface area (Å²) in [7, 11) is 0. The number of aromatic carboxylic acids is 1. The number of nitrogens with zero attached hydrogens (tertiary/aromatic N) is 1. The van der Waals surface area contributed by atoms with Gasteiger partial charge in [0.15, 0.2) is 0 Å². The molecule has 0 radical (unpaired) electrons. The first-order valence-corrected chi connectivity index (χ1v) is 5.91. The molecule has 2 rings (SSSR count). The van der Waals surface area contributed by atoms with Crippen molar-refractivity contribution < 1.29 is 29.5 Å². The molecule has 112 valence electrons. The number of nitro groups is 1. The average Bonchev–Trinajstić information content (AvgIpc) is 2.49. The van der Waals surface area contributed by atoms with Gasteiger partial charge in [0.05, 0.1) is 10.5 Å². The molecule has 0 fully saturated rings. The second-order valence-corrected chi connectivity index (χ2v) is 4.18. The van der Waals surface area contributed by atoms with Crippen molar-refractivity contribution in [3.05, 3.63) is 63.7 Å². The van der Waals surface area contributed by atoms with E-state index in [2.05, 4.69) is 0 Å². The van der Waals surface area contributed by atoms with Crippen molar-refractivity contribution in [3.8, 4) is 11.5 Å². The van der Waals surface area contributed by atoms with Gasteiger partial charge in [0.25, 0.3) is 5.69 Å². The molecule has 0 aromatic heterocycles. The lowest BCUT2D eigenvalue weighted by Gasteiger charge is -2.06. The van der Waals surface area contributed by atoms with E-state index in [1.54, 1.807) is 0 Å². The van der Waals surface area contributed by atoms with E-state index in [4.69, 9.17) is 9.84 Å². The predicted octanol–water partition coefficient (Wildman–Crippen LogP) is 2.22. The van der Waals surface area contributed by atoms with Crippen LogP contribution in [-0.4, -0.2) is 27.1 Å². The Morgan fingerprint density at radius 2 is 1.73 bits per heavy atom. The van der Waals surface area contributed by atoms with Crippen LogP contribution in [0.2, 0.25) is 0 Å². The summed E-state index contributed by atoms with van der Waals surface area (Å²) in [6.07, 6.45) is 0. The zero-order valence-corrected chi connectivity index (χ0v) is 10.9. The van der Waals surface area contributed by atoms with E-state index in [1.807, 2.05) is 0 Å². The number of carbonyl (C=O) groups is 2. The van der Waals surface area contributed by atoms with Crippen molar-refractivity contribution in [1.82, 2.24) is 0 Å². The normalized spacial score (nSPS) is 10.0. The summed E-state index contributed by atoms with van der Waals surface area (Å²) in [5, 5.41) is 28.7. The maximum atomic E-state index is 11.9. The molecule has 0 saturated carbocycles. The number of hydrogen-bond acceptors (Lipinski definition) is 6. The van der Waals surface area contributed by atoms with Crippen molar-refractivity contribution in [2.75, 3.05) is 0 Å². The van der Waals surface area contributed by atoms with Crippen molar-refractivity contribution in [2.45, 2.75) is 0 Å². The molecule has 0 heterocycles. The zero-order chi connectivity index (χ0) is 16.3. The van der Waals surface area contributed by atoms with E-state index < -0.39 is 28.2 Å². The average molecular weight is 303 g/mol. The van der Waals surface area contributed by atoms with E-state index in [1.165, 1.54) is 18.2 Å². The largest absolute Gasteiger partial charge is 0.507 e. The van der Waals surface area contributed by atoms with Gasteiger partial charge in [-0.1, -0.05) is 0 Å². The van der Waals surface area contributed by atoms with Crippen molar-refractivity contribution in [1.29, 1.82) is 0 Å². The van der Waals surface area contributed by atoms with E-state index in [0.29, 0.717) is 0 Å². The van der Waals surface area contributed by atoms with Crippen LogP contribution in [0.15, 0.2) is 42.5 Å². The minimum atomic E-state index is -1.37. The SMILES string of the molecule is O=C(Oc1ccc(O)c(C(=O)O)c1)c1ccc([N+](=O)[O-])cc1. The fourth-order valence-electron chi connectivity index (χ4n) is 1.64. The fraction of sp³-hybridized carbons (Fsp3) is 0. The first-order chi connectivity index (χ1) is 10.4. The maximum absolute atomic E-state index is 11.9. The monoisotopic (exact) mass is 303 g/mol. The van der Waals surface area contributed by atoms with Gasteiger partial charge in [-0.3, -0.25) is 10.1 Å². The van der Waals surface area contributed by atoms with Crippen LogP contribution >= 0.6 is 0 Å². The van der Waals surface area contributed by atoms with Gasteiger partial charge in [-0.2, -0.15) is 0 Å². The lowest BCUT2D eigenvalue weighted by Crippen LogP contribution is -2.09. The second kappa shape index (κ2) is 5.92. The van der Waals surface area contributed by atoms with Crippen LogP contribution in [0.1, 0.15) is 20.7 Å². The molecule has 0 spiro atoms. The van der Waals surface area contributed by atoms with Crippen LogP contribution in [0.3, 0.4) is 0 Å². The van der Waals surface area contributed by atoms with Crippen LogP contribution in [0.4, 0.5) is 5.69 Å². The summed E-state index contributed by atoms with van der Waals surface area (Å²) < 4.78 is 4.96. The van der Waals surface area contributed by atoms with Gasteiger partial charge in [0.2, 0.25) is 0 Å². The molecular weight excluding hydrogens is 294 g/mol. The molecule has 2 aromatic carbocycles. The molecule has 0 aliphatic heterocycles. The Kier molecular flexibility index (Phi) is 4.03. The Morgan fingerprint density at radius 3 is 2.27 bits per heavy atom. The van der Waals surface area contributed by atoms with E-state index in [0.717, 1.165) is 24.3 Å². The Labute approximate surface area is 123 Å². The number of esters is 1. The van der Waals surface area contributed by atoms with Crippen molar-refractivity contribution in [3.63, 3.8) is 0 Å². The van der Waals surface area contributed by atoms with E-state index in [-0.39, 0.29) is 17.0 Å². The fourth-order valence-corrected chi connectivity index (χ4v) is 1.64. The third kappa shape index (κ3) is 3.18. The third-order valence-corrected chi connectivity index (χ3v) is 2.72. The molecule has 0 bridgehead atoms. The van der Waals surface area contributed by atoms with Crippen LogP contribution in [0.25, 0.3) is 0 Å². The number of ether oxygens (including phenoxy) is 1. The highest BCUT2D eigenvalue weighted by Crippen LogP contribution is 2.24. The summed E-state index contributed by atoms with van der Waals surface area (Å²) in [5.74, 6) is -2.70. The van der Waals surface area contributed by atoms with Crippen molar-refractivity contribution in [2.24, 2.45) is 0 Å². The lowest BCUT2D eigenvalue weighted by atomic mass is 10.2. The quantitative estimate of drug-likeness (QED) is 0.383. The summed E-state index contributed by atoms with van der Waals surface area (Å²) in [6, 6.07) is 8.05. The van der Waals surface area contributed by atoms with Gasteiger partial charge in [-0.15, -0.1) is 0 Å². The van der Waals surface area contributed by atoms with Gasteiger partial charge >= 0.3 is 11.9 Å². The first-order valence-electron chi connectivity index (χ1n) is 5.91. The number of carboxylic acid groups (broad SMARTS) is 1. The number of benzene rings is 2. The van der Waals surface area contributed by atoms with Gasteiger partial charge in [0.1, 0.15) is 17.1 Å². The minimum absolute atomic E-state index is 0.0653. The predicted molar refractivity (Wildman–Crippen MR) is 73.1 cm³/mol. The highest BCUT2D eigenvalue weighted by molar-refractivity contribution is 5.93. The van der Waals surface area contributed by atoms with Gasteiger partial charge in [-0.05, 0) is 30.3 Å². The van der Waals surface area contributed by atoms with Crippen LogP contribution in [0.5, 0.6) is 11.5 Å². The zero-order valence-electron chi connectivity index (χ0n) is 10.9. The summed E-state index contributed by atoms with van der Waals surface area (Å²) >= 11 is 0. The topological polar surface area (TPSA) is 127 Å². The summed E-state index contributed by atoms with van der Waals surface area (Å²) in [6.45, 7) is 0. The maximum Gasteiger partial charge on any atom is 0.343 e. The Hall–Kier alpha value is -3.42. The Morgan fingerprint density at radius 1 is 1.09 bits per heavy atom. The molecule has 8 heteroatoms. The van der Waals surface area contributed by atoms with E-state index >= 15 is 0 Å². The molecule has 0 unspecified atom stereocenters. The molecule has 8 nitrogen and oxygen atoms in total. The van der Waals surface area contributed by atoms with Gasteiger partial charge in [0, 0.05) is 12.1 Å².